The van der Waals surface area contributed by atoms with Crippen molar-refractivity contribution in [1.29, 1.82) is 0 Å². The fraction of sp³-hybridized carbons (Fsp3) is 0.400. The van der Waals surface area contributed by atoms with E-state index in [2.05, 4.69) is 0 Å². The van der Waals surface area contributed by atoms with E-state index >= 15 is 0 Å². The summed E-state index contributed by atoms with van der Waals surface area (Å²) < 4.78 is 11.1. The van der Waals surface area contributed by atoms with E-state index in [0.29, 0.717) is 35.6 Å². The molecule has 130 valence electrons. The predicted molar refractivity (Wildman–Crippen MR) is 93.7 cm³/mol. The molecule has 25 heavy (non-hydrogen) atoms. The molecule has 5 heteroatoms. The van der Waals surface area contributed by atoms with Gasteiger partial charge < -0.3 is 14.1 Å². The van der Waals surface area contributed by atoms with Crippen molar-refractivity contribution in [2.45, 2.75) is 39.0 Å². The molecule has 0 fully saturated rings. The normalized spacial score (nSPS) is 16.4. The van der Waals surface area contributed by atoms with Crippen LogP contribution < -0.4 is 9.64 Å². The maximum absolute atomic E-state index is 13.2. The molecule has 0 spiro atoms. The monoisotopic (exact) mass is 339 g/mol. The number of methoxy groups -OCH3 is 1. The molecule has 1 aliphatic heterocycles. The van der Waals surface area contributed by atoms with Crippen LogP contribution in [0.1, 0.15) is 57.1 Å². The number of fused-ring (bicyclic) bond motifs is 2. The first-order chi connectivity index (χ1) is 12.1. The lowest BCUT2D eigenvalue weighted by Crippen LogP contribution is -2.35. The zero-order valence-corrected chi connectivity index (χ0v) is 14.6. The minimum Gasteiger partial charge on any atom is -0.497 e. The number of benzene rings is 1. The van der Waals surface area contributed by atoms with Gasteiger partial charge in [-0.05, 0) is 49.9 Å². The Hall–Kier alpha value is -2.56. The second-order valence-electron chi connectivity index (χ2n) is 6.69. The third kappa shape index (κ3) is 2.54. The lowest BCUT2D eigenvalue weighted by atomic mass is 9.93. The molecular weight excluding hydrogens is 318 g/mol. The number of ketones is 1. The number of carbonyl (C=O) groups excluding carboxylic acids is 2. The summed E-state index contributed by atoms with van der Waals surface area (Å²) in [6, 6.07) is 5.78. The van der Waals surface area contributed by atoms with Crippen LogP contribution in [0.5, 0.6) is 5.75 Å². The molecule has 1 aromatic carbocycles. The molecule has 0 unspecified atom stereocenters. The first-order valence-corrected chi connectivity index (χ1v) is 8.74. The molecule has 5 nitrogen and oxygen atoms in total. The summed E-state index contributed by atoms with van der Waals surface area (Å²) in [5, 5.41) is 0. The number of nitrogens with zero attached hydrogens (tertiary/aromatic N) is 1. The highest BCUT2D eigenvalue weighted by Crippen LogP contribution is 2.34. The number of hydrogen-bond donors (Lipinski definition) is 0. The molecule has 4 rings (SSSR count). The van der Waals surface area contributed by atoms with Gasteiger partial charge in [0, 0.05) is 30.6 Å². The van der Waals surface area contributed by atoms with Gasteiger partial charge in [-0.3, -0.25) is 9.59 Å². The summed E-state index contributed by atoms with van der Waals surface area (Å²) >= 11 is 0. The van der Waals surface area contributed by atoms with Gasteiger partial charge in [-0.2, -0.15) is 0 Å². The summed E-state index contributed by atoms with van der Waals surface area (Å²) in [7, 11) is 1.64. The number of aryl methyl sites for hydroxylation is 2. The highest BCUT2D eigenvalue weighted by molar-refractivity contribution is 6.09. The second kappa shape index (κ2) is 6.06. The average molecular weight is 339 g/mol. The first-order valence-electron chi connectivity index (χ1n) is 8.74. The summed E-state index contributed by atoms with van der Waals surface area (Å²) in [6.45, 7) is 2.47. The van der Waals surface area contributed by atoms with E-state index in [4.69, 9.17) is 9.15 Å². The van der Waals surface area contributed by atoms with Crippen molar-refractivity contribution in [1.82, 2.24) is 0 Å². The van der Waals surface area contributed by atoms with Crippen molar-refractivity contribution in [2.24, 2.45) is 0 Å². The Morgan fingerprint density at radius 1 is 1.20 bits per heavy atom. The first kappa shape index (κ1) is 15.9. The van der Waals surface area contributed by atoms with E-state index in [0.717, 1.165) is 42.7 Å². The number of carbonyl (C=O) groups is 2. The molecule has 0 atom stereocenters. The molecule has 1 aromatic heterocycles. The number of furan rings is 1. The zero-order valence-electron chi connectivity index (χ0n) is 14.6. The van der Waals surface area contributed by atoms with Gasteiger partial charge in [0.25, 0.3) is 5.91 Å². The van der Waals surface area contributed by atoms with E-state index in [1.54, 1.807) is 12.0 Å². The maximum atomic E-state index is 13.2. The summed E-state index contributed by atoms with van der Waals surface area (Å²) in [5.41, 5.74) is 3.31. The Morgan fingerprint density at radius 3 is 2.80 bits per heavy atom. The molecular formula is C20H21NO4. The predicted octanol–water partition coefficient (Wildman–Crippen LogP) is 3.71. The molecule has 1 amide bonds. The van der Waals surface area contributed by atoms with Crippen molar-refractivity contribution in [2.75, 3.05) is 18.6 Å². The quantitative estimate of drug-likeness (QED) is 0.837. The van der Waals surface area contributed by atoms with Crippen LogP contribution in [0.2, 0.25) is 0 Å². The Kier molecular flexibility index (Phi) is 3.86. The number of Topliss-reactive ketones (excluding diaryl/α,β-unsaturated/α-hetero) is 1. The molecule has 2 aliphatic rings. The van der Waals surface area contributed by atoms with Crippen LogP contribution in [-0.4, -0.2) is 25.3 Å². The number of rotatable bonds is 2. The fourth-order valence-corrected chi connectivity index (χ4v) is 3.89. The zero-order chi connectivity index (χ0) is 17.6. The van der Waals surface area contributed by atoms with Crippen LogP contribution >= 0.6 is 0 Å². The smallest absolute Gasteiger partial charge is 0.294 e. The highest BCUT2D eigenvalue weighted by atomic mass is 16.5. The number of amides is 1. The van der Waals surface area contributed by atoms with Crippen LogP contribution in [0.15, 0.2) is 22.6 Å². The van der Waals surface area contributed by atoms with Gasteiger partial charge in [-0.15, -0.1) is 0 Å². The van der Waals surface area contributed by atoms with E-state index < -0.39 is 0 Å². The lowest BCUT2D eigenvalue weighted by Gasteiger charge is -2.29. The van der Waals surface area contributed by atoms with Crippen molar-refractivity contribution in [3.05, 3.63) is 46.4 Å². The lowest BCUT2D eigenvalue weighted by molar-refractivity contribution is 0.0947. The van der Waals surface area contributed by atoms with Gasteiger partial charge in [0.15, 0.2) is 11.5 Å². The van der Waals surface area contributed by atoms with Crippen LogP contribution in [0.25, 0.3) is 0 Å². The van der Waals surface area contributed by atoms with E-state index in [-0.39, 0.29) is 11.7 Å². The van der Waals surface area contributed by atoms with Crippen molar-refractivity contribution < 1.29 is 18.7 Å². The average Bonchev–Trinajstić information content (AvgIpc) is 2.98. The van der Waals surface area contributed by atoms with Gasteiger partial charge >= 0.3 is 0 Å². The summed E-state index contributed by atoms with van der Waals surface area (Å²) in [4.78, 5) is 27.1. The Balaban J connectivity index is 1.73. The second-order valence-corrected chi connectivity index (χ2v) is 6.69. The largest absolute Gasteiger partial charge is 0.497 e. The van der Waals surface area contributed by atoms with E-state index in [1.165, 1.54) is 0 Å². The summed E-state index contributed by atoms with van der Waals surface area (Å²) in [6.07, 6.45) is 3.86. The number of anilines is 1. The molecule has 2 aromatic rings. The number of ether oxygens (including phenoxy) is 1. The van der Waals surface area contributed by atoms with Crippen LogP contribution in [-0.2, 0) is 12.8 Å². The molecule has 0 saturated carbocycles. The Morgan fingerprint density at radius 2 is 2.04 bits per heavy atom. The third-order valence-corrected chi connectivity index (χ3v) is 5.15. The van der Waals surface area contributed by atoms with Crippen LogP contribution in [0.4, 0.5) is 5.69 Å². The minimum absolute atomic E-state index is 0.0883. The van der Waals surface area contributed by atoms with E-state index in [1.807, 2.05) is 25.1 Å². The highest BCUT2D eigenvalue weighted by Gasteiger charge is 2.32. The Bertz CT molecular complexity index is 865. The van der Waals surface area contributed by atoms with Crippen LogP contribution in [0.3, 0.4) is 0 Å². The SMILES string of the molecule is COc1ccc2c(c1)CCCN2C(=O)c1oc2c(c1C)C(=O)CCC2. The van der Waals surface area contributed by atoms with E-state index in [9.17, 15) is 9.59 Å². The van der Waals surface area contributed by atoms with Crippen molar-refractivity contribution >= 4 is 17.4 Å². The Labute approximate surface area is 146 Å². The summed E-state index contributed by atoms with van der Waals surface area (Å²) in [5.74, 6) is 1.70. The van der Waals surface area contributed by atoms with Gasteiger partial charge in [0.1, 0.15) is 11.5 Å². The number of hydrogen-bond acceptors (Lipinski definition) is 4. The van der Waals surface area contributed by atoms with Crippen molar-refractivity contribution in [3.8, 4) is 5.75 Å². The van der Waals surface area contributed by atoms with Gasteiger partial charge in [0.2, 0.25) is 0 Å². The molecule has 0 saturated heterocycles. The molecule has 1 aliphatic carbocycles. The third-order valence-electron chi connectivity index (χ3n) is 5.15. The molecule has 0 N–H and O–H groups in total. The molecule has 2 heterocycles. The van der Waals surface area contributed by atoms with Gasteiger partial charge in [0.05, 0.1) is 12.7 Å². The standard InChI is InChI=1S/C20H21NO4/c1-12-18-16(22)6-3-7-17(18)25-19(12)20(23)21-10-4-5-13-11-14(24-2)8-9-15(13)21/h8-9,11H,3-7,10H2,1-2H3. The van der Waals surface area contributed by atoms with Crippen molar-refractivity contribution in [3.63, 3.8) is 0 Å². The maximum Gasteiger partial charge on any atom is 0.294 e. The minimum atomic E-state index is -0.161. The van der Waals surface area contributed by atoms with Crippen LogP contribution in [0, 0.1) is 6.92 Å². The fourth-order valence-electron chi connectivity index (χ4n) is 3.89. The molecule has 0 bridgehead atoms. The molecule has 0 radical (unpaired) electrons. The topological polar surface area (TPSA) is 59.8 Å². The van der Waals surface area contributed by atoms with Gasteiger partial charge in [-0.1, -0.05) is 0 Å². The van der Waals surface area contributed by atoms with Gasteiger partial charge in [-0.25, -0.2) is 0 Å².